The van der Waals surface area contributed by atoms with Crippen molar-refractivity contribution in [3.05, 3.63) is 51.6 Å². The second-order valence-electron chi connectivity index (χ2n) is 9.00. The van der Waals surface area contributed by atoms with Crippen molar-refractivity contribution in [3.8, 4) is 0 Å². The summed E-state index contributed by atoms with van der Waals surface area (Å²) in [7, 11) is 2.22. The van der Waals surface area contributed by atoms with E-state index >= 15 is 0 Å². The van der Waals surface area contributed by atoms with Crippen LogP contribution in [0.25, 0.3) is 10.9 Å². The first kappa shape index (κ1) is 20.3. The van der Waals surface area contributed by atoms with Crippen LogP contribution in [0.3, 0.4) is 0 Å². The normalized spacial score (nSPS) is 25.2. The number of aromatic amines is 1. The number of para-hydroxylation sites is 1. The van der Waals surface area contributed by atoms with Gasteiger partial charge in [0.15, 0.2) is 6.04 Å². The SMILES string of the molecule is Cc1cccc2cc([C@@H](c3nnnn3C[C@@H]3CCCO3)[NH+]3CC[NH+](C)CC3)c(=O)[nH]c12. The standard InChI is InChI=1S/C22H29N7O2/c1-15-5-3-6-16-13-18(22(30)23-19(15)16)20(28-10-8-27(2)9-11-28)21-24-25-26-29(21)14-17-7-4-12-31-17/h3,5-6,13,17,20H,4,7-12,14H2,1-2H3,(H,23,30)/p+2/t17-,20-/m0/s1. The Labute approximate surface area is 181 Å². The Kier molecular flexibility index (Phi) is 5.56. The highest BCUT2D eigenvalue weighted by molar-refractivity contribution is 5.82. The molecule has 9 heteroatoms. The van der Waals surface area contributed by atoms with Crippen molar-refractivity contribution in [3.63, 3.8) is 0 Å². The van der Waals surface area contributed by atoms with Gasteiger partial charge in [0, 0.05) is 6.61 Å². The van der Waals surface area contributed by atoms with Crippen molar-refractivity contribution in [1.82, 2.24) is 25.2 Å². The molecule has 0 saturated carbocycles. The van der Waals surface area contributed by atoms with Crippen molar-refractivity contribution in [2.45, 2.75) is 38.5 Å². The van der Waals surface area contributed by atoms with Crippen LogP contribution < -0.4 is 15.4 Å². The predicted molar refractivity (Wildman–Crippen MR) is 115 cm³/mol. The van der Waals surface area contributed by atoms with Gasteiger partial charge in [-0.1, -0.05) is 18.2 Å². The summed E-state index contributed by atoms with van der Waals surface area (Å²) in [5.74, 6) is 0.752. The maximum atomic E-state index is 13.3. The molecule has 3 N–H and O–H groups in total. The Morgan fingerprint density at radius 2 is 2.13 bits per heavy atom. The molecular weight excluding hydrogens is 394 g/mol. The number of nitrogens with one attached hydrogen (secondary N) is 3. The molecule has 3 aromatic rings. The molecule has 1 aromatic carbocycles. The third kappa shape index (κ3) is 4.00. The number of aryl methyl sites for hydroxylation is 1. The van der Waals surface area contributed by atoms with E-state index in [1.807, 2.05) is 29.8 Å². The molecule has 0 bridgehead atoms. The van der Waals surface area contributed by atoms with Crippen LogP contribution in [0.5, 0.6) is 0 Å². The van der Waals surface area contributed by atoms with E-state index in [2.05, 4.69) is 33.6 Å². The molecule has 2 aromatic heterocycles. The van der Waals surface area contributed by atoms with Gasteiger partial charge in [-0.15, -0.1) is 5.10 Å². The van der Waals surface area contributed by atoms with Crippen molar-refractivity contribution < 1.29 is 14.5 Å². The number of likely N-dealkylation sites (N-methyl/N-ethyl adjacent to an activating group) is 1. The summed E-state index contributed by atoms with van der Waals surface area (Å²) in [6, 6.07) is 7.93. The number of benzene rings is 1. The lowest BCUT2D eigenvalue weighted by atomic mass is 10.0. The highest BCUT2D eigenvalue weighted by Crippen LogP contribution is 2.21. The highest BCUT2D eigenvalue weighted by Gasteiger charge is 2.37. The number of tetrazole rings is 1. The number of quaternary nitrogens is 2. The number of hydrogen-bond donors (Lipinski definition) is 3. The first-order valence-electron chi connectivity index (χ1n) is 11.3. The molecule has 2 atom stereocenters. The van der Waals surface area contributed by atoms with E-state index in [0.717, 1.165) is 73.5 Å². The summed E-state index contributed by atoms with van der Waals surface area (Å²) < 4.78 is 7.69. The minimum atomic E-state index is -0.210. The van der Waals surface area contributed by atoms with Gasteiger partial charge in [-0.3, -0.25) is 4.79 Å². The van der Waals surface area contributed by atoms with Crippen LogP contribution in [0.2, 0.25) is 0 Å². The average molecular weight is 426 g/mol. The van der Waals surface area contributed by atoms with E-state index in [0.29, 0.717) is 6.54 Å². The summed E-state index contributed by atoms with van der Waals surface area (Å²) >= 11 is 0. The van der Waals surface area contributed by atoms with Gasteiger partial charge in [-0.2, -0.15) is 0 Å². The topological polar surface area (TPSA) is 94.6 Å². The molecule has 2 fully saturated rings. The molecule has 0 radical (unpaired) electrons. The summed E-state index contributed by atoms with van der Waals surface area (Å²) in [6.45, 7) is 7.49. The van der Waals surface area contributed by atoms with Crippen LogP contribution in [0, 0.1) is 6.92 Å². The van der Waals surface area contributed by atoms with E-state index in [9.17, 15) is 4.79 Å². The molecule has 2 aliphatic heterocycles. The maximum absolute atomic E-state index is 13.3. The fourth-order valence-electron chi connectivity index (χ4n) is 4.97. The van der Waals surface area contributed by atoms with Crippen LogP contribution in [-0.4, -0.2) is 71.1 Å². The number of rotatable bonds is 5. The van der Waals surface area contributed by atoms with Crippen molar-refractivity contribution in [2.75, 3.05) is 39.8 Å². The summed E-state index contributed by atoms with van der Waals surface area (Å²) in [6.07, 6.45) is 2.22. The number of pyridine rings is 1. The number of nitrogens with zero attached hydrogens (tertiary/aromatic N) is 4. The van der Waals surface area contributed by atoms with Crippen LogP contribution in [0.15, 0.2) is 29.1 Å². The lowest BCUT2D eigenvalue weighted by molar-refractivity contribution is -1.02. The predicted octanol–water partition coefficient (Wildman–Crippen LogP) is -1.50. The molecule has 2 aliphatic rings. The van der Waals surface area contributed by atoms with E-state index < -0.39 is 0 Å². The van der Waals surface area contributed by atoms with Crippen LogP contribution >= 0.6 is 0 Å². The molecule has 9 nitrogen and oxygen atoms in total. The molecule has 0 aliphatic carbocycles. The Morgan fingerprint density at radius 3 is 2.90 bits per heavy atom. The van der Waals surface area contributed by atoms with Gasteiger partial charge in [0.25, 0.3) is 5.56 Å². The van der Waals surface area contributed by atoms with Gasteiger partial charge < -0.3 is 19.5 Å². The number of fused-ring (bicyclic) bond motifs is 1. The second-order valence-corrected chi connectivity index (χ2v) is 9.00. The summed E-state index contributed by atoms with van der Waals surface area (Å²) in [4.78, 5) is 19.3. The maximum Gasteiger partial charge on any atom is 0.258 e. The average Bonchev–Trinajstić information content (AvgIpc) is 3.44. The first-order chi connectivity index (χ1) is 15.1. The molecule has 164 valence electrons. The lowest BCUT2D eigenvalue weighted by Crippen LogP contribution is -3.27. The Morgan fingerprint density at radius 1 is 1.29 bits per heavy atom. The van der Waals surface area contributed by atoms with Crippen molar-refractivity contribution >= 4 is 10.9 Å². The van der Waals surface area contributed by atoms with E-state index in [1.54, 1.807) is 0 Å². The first-order valence-corrected chi connectivity index (χ1v) is 11.3. The summed E-state index contributed by atoms with van der Waals surface area (Å²) in [5, 5.41) is 13.8. The fraction of sp³-hybridized carbons (Fsp3) is 0.545. The van der Waals surface area contributed by atoms with Gasteiger partial charge in [0.1, 0.15) is 26.2 Å². The van der Waals surface area contributed by atoms with Crippen molar-refractivity contribution in [2.24, 2.45) is 0 Å². The minimum Gasteiger partial charge on any atom is -0.376 e. The third-order valence-corrected chi connectivity index (χ3v) is 6.80. The smallest absolute Gasteiger partial charge is 0.258 e. The van der Waals surface area contributed by atoms with Gasteiger partial charge in [-0.25, -0.2) is 4.68 Å². The molecule has 2 saturated heterocycles. The Hall–Kier alpha value is -2.62. The second kappa shape index (κ2) is 8.49. The monoisotopic (exact) mass is 425 g/mol. The van der Waals surface area contributed by atoms with Crippen LogP contribution in [0.1, 0.15) is 35.8 Å². The number of hydrogen-bond acceptors (Lipinski definition) is 5. The quantitative estimate of drug-likeness (QED) is 0.463. The molecule has 0 spiro atoms. The minimum absolute atomic E-state index is 0.0581. The van der Waals surface area contributed by atoms with Gasteiger partial charge in [0.2, 0.25) is 5.82 Å². The van der Waals surface area contributed by atoms with Gasteiger partial charge >= 0.3 is 0 Å². The zero-order valence-corrected chi connectivity index (χ0v) is 18.2. The van der Waals surface area contributed by atoms with E-state index in [-0.39, 0.29) is 17.7 Å². The van der Waals surface area contributed by atoms with Crippen LogP contribution in [-0.2, 0) is 11.3 Å². The molecule has 5 rings (SSSR count). The molecular formula is C22H31N7O2+2. The zero-order valence-electron chi connectivity index (χ0n) is 18.2. The zero-order chi connectivity index (χ0) is 21.4. The Bertz CT molecular complexity index is 1110. The molecule has 0 unspecified atom stereocenters. The number of H-pyrrole nitrogens is 1. The largest absolute Gasteiger partial charge is 0.376 e. The number of piperazine rings is 1. The number of ether oxygens (including phenoxy) is 1. The van der Waals surface area contributed by atoms with Gasteiger partial charge in [0.05, 0.1) is 30.8 Å². The molecule has 4 heterocycles. The summed E-state index contributed by atoms with van der Waals surface area (Å²) in [5.41, 5.74) is 2.64. The van der Waals surface area contributed by atoms with Crippen LogP contribution in [0.4, 0.5) is 0 Å². The Balaban J connectivity index is 1.59. The van der Waals surface area contributed by atoms with Crippen molar-refractivity contribution in [1.29, 1.82) is 0 Å². The highest BCUT2D eigenvalue weighted by atomic mass is 16.5. The molecule has 0 amide bonds. The fourth-order valence-corrected chi connectivity index (χ4v) is 4.97. The number of aromatic nitrogens is 5. The van der Waals surface area contributed by atoms with E-state index in [4.69, 9.17) is 4.74 Å². The molecule has 31 heavy (non-hydrogen) atoms. The lowest BCUT2D eigenvalue weighted by Gasteiger charge is -2.32. The third-order valence-electron chi connectivity index (χ3n) is 6.80. The van der Waals surface area contributed by atoms with E-state index in [1.165, 1.54) is 9.80 Å². The van der Waals surface area contributed by atoms with Gasteiger partial charge in [-0.05, 0) is 47.2 Å².